The molecule has 0 spiro atoms. The van der Waals surface area contributed by atoms with E-state index in [0.29, 0.717) is 18.4 Å². The van der Waals surface area contributed by atoms with E-state index in [1.807, 2.05) is 27.7 Å². The molecule has 114 valence electrons. The zero-order valence-corrected chi connectivity index (χ0v) is 13.0. The van der Waals surface area contributed by atoms with E-state index in [-0.39, 0.29) is 11.3 Å². The lowest BCUT2D eigenvalue weighted by atomic mass is 9.76. The van der Waals surface area contributed by atoms with Gasteiger partial charge >= 0.3 is 7.12 Å². The van der Waals surface area contributed by atoms with Gasteiger partial charge in [0.1, 0.15) is 0 Å². The van der Waals surface area contributed by atoms with Crippen LogP contribution in [0.15, 0.2) is 12.1 Å². The third-order valence-electron chi connectivity index (χ3n) is 4.10. The van der Waals surface area contributed by atoms with Crippen molar-refractivity contribution in [3.05, 3.63) is 23.5 Å². The lowest BCUT2D eigenvalue weighted by molar-refractivity contribution is 0.00578. The highest BCUT2D eigenvalue weighted by molar-refractivity contribution is 6.63. The molecular formula is C15H20BFO4. The van der Waals surface area contributed by atoms with Crippen LogP contribution < -0.4 is 10.2 Å². The van der Waals surface area contributed by atoms with E-state index >= 15 is 0 Å². The monoisotopic (exact) mass is 294 g/mol. The van der Waals surface area contributed by atoms with Gasteiger partial charge in [0.15, 0.2) is 17.9 Å². The second-order valence-corrected chi connectivity index (χ2v) is 6.02. The second kappa shape index (κ2) is 5.42. The molecule has 1 heterocycles. The van der Waals surface area contributed by atoms with E-state index < -0.39 is 24.1 Å². The van der Waals surface area contributed by atoms with Crippen LogP contribution in [0.25, 0.3) is 0 Å². The Kier molecular flexibility index (Phi) is 4.13. The summed E-state index contributed by atoms with van der Waals surface area (Å²) in [5, 5.41) is 0. The van der Waals surface area contributed by atoms with E-state index in [4.69, 9.17) is 14.0 Å². The molecule has 21 heavy (non-hydrogen) atoms. The van der Waals surface area contributed by atoms with Crippen molar-refractivity contribution in [1.82, 2.24) is 0 Å². The summed E-state index contributed by atoms with van der Waals surface area (Å²) in [7, 11) is -0.777. The van der Waals surface area contributed by atoms with Crippen molar-refractivity contribution in [2.45, 2.75) is 45.8 Å². The highest BCUT2D eigenvalue weighted by atomic mass is 19.1. The molecule has 1 aliphatic rings. The van der Waals surface area contributed by atoms with Crippen LogP contribution in [0.1, 0.15) is 45.0 Å². The van der Waals surface area contributed by atoms with E-state index in [0.717, 1.165) is 0 Å². The van der Waals surface area contributed by atoms with Crippen molar-refractivity contribution in [3.8, 4) is 5.75 Å². The molecule has 0 unspecified atom stereocenters. The van der Waals surface area contributed by atoms with Crippen LogP contribution in [-0.2, 0) is 9.31 Å². The number of hydrogen-bond acceptors (Lipinski definition) is 4. The van der Waals surface area contributed by atoms with Crippen molar-refractivity contribution >= 4 is 18.9 Å². The largest absolute Gasteiger partial charge is 0.495 e. The minimum Gasteiger partial charge on any atom is -0.491 e. The van der Waals surface area contributed by atoms with E-state index in [1.54, 1.807) is 13.0 Å². The van der Waals surface area contributed by atoms with Gasteiger partial charge in [-0.05, 0) is 46.1 Å². The maximum Gasteiger partial charge on any atom is 0.495 e. The van der Waals surface area contributed by atoms with Crippen molar-refractivity contribution in [2.24, 2.45) is 0 Å². The Morgan fingerprint density at radius 2 is 1.81 bits per heavy atom. The smallest absolute Gasteiger partial charge is 0.491 e. The highest BCUT2D eigenvalue weighted by Gasteiger charge is 2.52. The van der Waals surface area contributed by atoms with Crippen LogP contribution in [0.3, 0.4) is 0 Å². The Morgan fingerprint density at radius 3 is 2.29 bits per heavy atom. The Bertz CT molecular complexity index is 541. The molecule has 0 saturated carbocycles. The van der Waals surface area contributed by atoms with Gasteiger partial charge in [-0.3, -0.25) is 4.79 Å². The van der Waals surface area contributed by atoms with Gasteiger partial charge in [-0.1, -0.05) is 6.07 Å². The molecular weight excluding hydrogens is 274 g/mol. The van der Waals surface area contributed by atoms with Gasteiger partial charge < -0.3 is 14.0 Å². The zero-order chi connectivity index (χ0) is 15.8. The standard InChI is InChI=1S/C15H20BFO4/c1-6-19-12-8-7-11(10(9-18)13(12)17)16-20-14(2,3)15(4,5)21-16/h7-9H,6H2,1-5H3. The quantitative estimate of drug-likeness (QED) is 0.631. The summed E-state index contributed by atoms with van der Waals surface area (Å²) in [6.07, 6.45) is 0.470. The fourth-order valence-corrected chi connectivity index (χ4v) is 2.15. The molecule has 2 rings (SSSR count). The molecule has 1 fully saturated rings. The van der Waals surface area contributed by atoms with Crippen LogP contribution >= 0.6 is 0 Å². The third kappa shape index (κ3) is 2.70. The summed E-state index contributed by atoms with van der Waals surface area (Å²) in [5.41, 5.74) is -0.802. The first-order valence-electron chi connectivity index (χ1n) is 6.99. The predicted molar refractivity (Wildman–Crippen MR) is 78.7 cm³/mol. The first-order chi connectivity index (χ1) is 9.73. The van der Waals surface area contributed by atoms with E-state index in [9.17, 15) is 9.18 Å². The molecule has 1 aromatic rings. The molecule has 0 radical (unpaired) electrons. The SMILES string of the molecule is CCOc1ccc(B2OC(C)(C)C(C)(C)O2)c(C=O)c1F. The molecule has 6 heteroatoms. The van der Waals surface area contributed by atoms with Crippen molar-refractivity contribution in [3.63, 3.8) is 0 Å². The number of carbonyl (C=O) groups is 1. The predicted octanol–water partition coefficient (Wildman–Crippen LogP) is 2.34. The average molecular weight is 294 g/mol. The minimum absolute atomic E-state index is 0.0554. The summed E-state index contributed by atoms with van der Waals surface area (Å²) in [6, 6.07) is 3.10. The van der Waals surface area contributed by atoms with Crippen LogP contribution in [0.4, 0.5) is 4.39 Å². The zero-order valence-electron chi connectivity index (χ0n) is 13.0. The molecule has 0 amide bonds. The summed E-state index contributed by atoms with van der Waals surface area (Å²) in [6.45, 7) is 9.68. The lowest BCUT2D eigenvalue weighted by Crippen LogP contribution is -2.41. The van der Waals surface area contributed by atoms with Crippen LogP contribution in [-0.4, -0.2) is 31.2 Å². The molecule has 1 saturated heterocycles. The molecule has 4 nitrogen and oxygen atoms in total. The number of aldehydes is 1. The Morgan fingerprint density at radius 1 is 1.24 bits per heavy atom. The first kappa shape index (κ1) is 16.0. The van der Waals surface area contributed by atoms with Crippen molar-refractivity contribution < 1.29 is 23.2 Å². The number of halogens is 1. The number of rotatable bonds is 4. The number of carbonyl (C=O) groups excluding carboxylic acids is 1. The van der Waals surface area contributed by atoms with Gasteiger partial charge in [-0.2, -0.15) is 0 Å². The molecule has 0 N–H and O–H groups in total. The molecule has 0 atom stereocenters. The van der Waals surface area contributed by atoms with E-state index in [2.05, 4.69) is 0 Å². The average Bonchev–Trinajstić information content (AvgIpc) is 2.60. The fourth-order valence-electron chi connectivity index (χ4n) is 2.15. The van der Waals surface area contributed by atoms with Crippen molar-refractivity contribution in [1.29, 1.82) is 0 Å². The molecule has 1 aliphatic heterocycles. The third-order valence-corrected chi connectivity index (χ3v) is 4.10. The van der Waals surface area contributed by atoms with Gasteiger partial charge in [0.25, 0.3) is 0 Å². The van der Waals surface area contributed by atoms with Crippen molar-refractivity contribution in [2.75, 3.05) is 6.61 Å². The van der Waals surface area contributed by atoms with Crippen LogP contribution in [0.2, 0.25) is 0 Å². The highest BCUT2D eigenvalue weighted by Crippen LogP contribution is 2.37. The fraction of sp³-hybridized carbons (Fsp3) is 0.533. The van der Waals surface area contributed by atoms with Crippen LogP contribution in [0.5, 0.6) is 5.75 Å². The molecule has 0 aliphatic carbocycles. The Hall–Kier alpha value is -1.40. The second-order valence-electron chi connectivity index (χ2n) is 6.02. The van der Waals surface area contributed by atoms with Gasteiger partial charge in [0, 0.05) is 0 Å². The van der Waals surface area contributed by atoms with Crippen LogP contribution in [0, 0.1) is 5.82 Å². The summed E-state index contributed by atoms with van der Waals surface area (Å²) in [4.78, 5) is 11.3. The summed E-state index contributed by atoms with van der Waals surface area (Å²) < 4.78 is 31.2. The number of ether oxygens (including phenoxy) is 1. The Labute approximate surface area is 124 Å². The minimum atomic E-state index is -0.777. The Balaban J connectivity index is 2.42. The number of hydrogen-bond donors (Lipinski definition) is 0. The lowest BCUT2D eigenvalue weighted by Gasteiger charge is -2.32. The van der Waals surface area contributed by atoms with Gasteiger partial charge in [-0.15, -0.1) is 0 Å². The molecule has 0 aromatic heterocycles. The van der Waals surface area contributed by atoms with Gasteiger partial charge in [-0.25, -0.2) is 4.39 Å². The maximum absolute atomic E-state index is 14.3. The van der Waals surface area contributed by atoms with E-state index in [1.165, 1.54) is 6.07 Å². The topological polar surface area (TPSA) is 44.8 Å². The number of benzene rings is 1. The maximum atomic E-state index is 14.3. The van der Waals surface area contributed by atoms with Gasteiger partial charge in [0.05, 0.1) is 23.4 Å². The summed E-state index contributed by atoms with van der Waals surface area (Å²) in [5.74, 6) is -0.626. The first-order valence-corrected chi connectivity index (χ1v) is 6.99. The molecule has 1 aromatic carbocycles. The summed E-state index contributed by atoms with van der Waals surface area (Å²) >= 11 is 0. The normalized spacial score (nSPS) is 19.6. The molecule has 0 bridgehead atoms. The van der Waals surface area contributed by atoms with Gasteiger partial charge in [0.2, 0.25) is 0 Å².